The van der Waals surface area contributed by atoms with Crippen LogP contribution >= 0.6 is 23.2 Å². The Labute approximate surface area is 378 Å². The first-order valence-electron chi connectivity index (χ1n) is 16.8. The molecule has 0 atom stereocenters. The molecule has 16 heteroatoms. The number of carboxylic acid groups (broad SMARTS) is 2. The molecule has 0 amide bonds. The van der Waals surface area contributed by atoms with E-state index in [0.29, 0.717) is 11.8 Å². The largest absolute Gasteiger partial charge is 1.00 e. The van der Waals surface area contributed by atoms with Crippen molar-refractivity contribution in [1.82, 2.24) is 9.97 Å². The van der Waals surface area contributed by atoms with Gasteiger partial charge in [0.05, 0.1) is 47.3 Å². The second-order valence-corrected chi connectivity index (χ2v) is 12.6. The molecule has 2 aromatic carbocycles. The van der Waals surface area contributed by atoms with E-state index < -0.39 is 30.3 Å². The number of pyridine rings is 2. The fourth-order valence-corrected chi connectivity index (χ4v) is 5.97. The predicted molar refractivity (Wildman–Crippen MR) is 206 cm³/mol. The first-order chi connectivity index (χ1) is 25.9. The van der Waals surface area contributed by atoms with E-state index in [4.69, 9.17) is 47.6 Å². The van der Waals surface area contributed by atoms with Crippen molar-refractivity contribution in [2.75, 3.05) is 13.2 Å². The van der Waals surface area contributed by atoms with Crippen LogP contribution < -0.4 is 60.9 Å². The summed E-state index contributed by atoms with van der Waals surface area (Å²) < 4.78 is 20.8. The first-order valence-corrected chi connectivity index (χ1v) is 17.6. The zero-order valence-corrected chi connectivity index (χ0v) is 35.0. The Bertz CT molecular complexity index is 1970. The van der Waals surface area contributed by atoms with Crippen LogP contribution in [0.5, 0.6) is 11.8 Å². The van der Waals surface area contributed by atoms with Crippen molar-refractivity contribution < 1.29 is 106 Å². The van der Waals surface area contributed by atoms with Gasteiger partial charge in [0.1, 0.15) is 24.4 Å². The summed E-state index contributed by atoms with van der Waals surface area (Å²) >= 11 is 11.9. The third-order valence-electron chi connectivity index (χ3n) is 7.91. The van der Waals surface area contributed by atoms with Crippen molar-refractivity contribution in [3.05, 3.63) is 123 Å². The Hall–Kier alpha value is -4.02. The Balaban J connectivity index is 0.000000457. The molecule has 6 rings (SSSR count). The fraction of sp³-hybridized carbons (Fsp3) is 0.300. The minimum absolute atomic E-state index is 0. The van der Waals surface area contributed by atoms with Crippen LogP contribution in [-0.2, 0) is 49.5 Å². The molecular formula is C40H43Cl2KN2O11. The monoisotopic (exact) mass is 836 g/mol. The van der Waals surface area contributed by atoms with Gasteiger partial charge in [0, 0.05) is 43.4 Å². The van der Waals surface area contributed by atoms with E-state index in [1.165, 1.54) is 46.8 Å². The summed E-state index contributed by atoms with van der Waals surface area (Å²) in [5, 5.41) is 27.5. The number of rotatable bonds is 11. The molecule has 56 heavy (non-hydrogen) atoms. The maximum atomic E-state index is 11.5. The molecule has 0 saturated carbocycles. The third-order valence-corrected chi connectivity index (χ3v) is 8.51. The van der Waals surface area contributed by atoms with E-state index in [9.17, 15) is 24.3 Å². The summed E-state index contributed by atoms with van der Waals surface area (Å²) in [7, 11) is 0. The molecule has 0 fully saturated rings. The molecular weight excluding hydrogens is 794 g/mol. The molecule has 4 aromatic rings. The number of carbonyl (C=O) groups is 4. The van der Waals surface area contributed by atoms with E-state index in [1.54, 1.807) is 13.8 Å². The van der Waals surface area contributed by atoms with Gasteiger partial charge >= 0.3 is 75.3 Å². The van der Waals surface area contributed by atoms with Crippen LogP contribution in [0.15, 0.2) is 79.1 Å². The number of nitrogens with zero attached hydrogens (tertiary/aromatic N) is 2. The van der Waals surface area contributed by atoms with Crippen molar-refractivity contribution in [3.8, 4) is 11.8 Å². The molecule has 2 heterocycles. The Morgan fingerprint density at radius 3 is 1.54 bits per heavy atom. The second kappa shape index (κ2) is 23.9. The minimum Gasteiger partial charge on any atom is -1.00 e. The summed E-state index contributed by atoms with van der Waals surface area (Å²) in [5.41, 5.74) is 5.36. The van der Waals surface area contributed by atoms with Crippen molar-refractivity contribution in [2.24, 2.45) is 0 Å². The van der Waals surface area contributed by atoms with Crippen molar-refractivity contribution in [3.63, 3.8) is 0 Å². The number of halogens is 2. The number of aromatic carboxylic acids is 1. The van der Waals surface area contributed by atoms with E-state index in [0.717, 1.165) is 31.8 Å². The number of fused-ring (bicyclic) bond motifs is 2. The Morgan fingerprint density at radius 2 is 1.14 bits per heavy atom. The molecule has 2 aliphatic carbocycles. The van der Waals surface area contributed by atoms with Crippen LogP contribution in [-0.4, -0.2) is 74.6 Å². The van der Waals surface area contributed by atoms with E-state index in [-0.39, 0.29) is 113 Å². The molecule has 13 nitrogen and oxygen atoms in total. The first kappa shape index (κ1) is 48.1. The molecule has 0 spiro atoms. The SMILES string of the molecule is C.CCOC(=O)/C=C(\O)c1cc(OC2Cc3ccccc3C2)ncc1Cl.CCOC(=O)CC(=O)O.O=C(O)c1cc(OC2Cc3ccccc3C2)ncc1Cl.[H-].[K+]. The number of benzene rings is 2. The topological polar surface area (TPSA) is 192 Å². The standard InChI is InChI=1S/C19H18ClNO4.C15H12ClNO3.C5H8O4.CH4.K.H/c1-2-24-19(23)10-17(22)15-9-18(21-11-16(15)20)25-14-7-12-5-3-4-6-13(12)8-14;16-13-8-17-14(7-12(13)15(18)19)20-11-5-9-3-1-2-4-10(9)6-11;1-2-9-5(8)3-4(6)7;;;/h3-6,9-11,14,22H,2,7-8H2,1H3;1-4,7-8,11H,5-6H2,(H,18,19);2-3H2,1H3,(H,6,7);1H4;;/q;;;;+1;-1/b17-10-;;;;;. The maximum absolute atomic E-state index is 11.5. The molecule has 0 bridgehead atoms. The van der Waals surface area contributed by atoms with Crippen LogP contribution in [0, 0.1) is 0 Å². The smallest absolute Gasteiger partial charge is 1.00 e. The quantitative estimate of drug-likeness (QED) is 0.0630. The number of aliphatic hydroxyl groups excluding tert-OH is 1. The van der Waals surface area contributed by atoms with Gasteiger partial charge < -0.3 is 35.7 Å². The van der Waals surface area contributed by atoms with Gasteiger partial charge in [-0.3, -0.25) is 9.59 Å². The molecule has 3 N–H and O–H groups in total. The van der Waals surface area contributed by atoms with E-state index in [2.05, 4.69) is 39.0 Å². The third kappa shape index (κ3) is 14.8. The zero-order chi connectivity index (χ0) is 39.2. The number of aromatic nitrogens is 2. The van der Waals surface area contributed by atoms with Gasteiger partial charge in [-0.25, -0.2) is 19.6 Å². The number of aliphatic carboxylic acids is 1. The number of carbonyl (C=O) groups excluding carboxylic acids is 2. The number of hydrogen-bond donors (Lipinski definition) is 3. The van der Waals surface area contributed by atoms with Gasteiger partial charge in [0.15, 0.2) is 0 Å². The number of carboxylic acids is 2. The normalized spacial score (nSPS) is 12.8. The van der Waals surface area contributed by atoms with E-state index >= 15 is 0 Å². The number of esters is 2. The molecule has 294 valence electrons. The average molecular weight is 838 g/mol. The second-order valence-electron chi connectivity index (χ2n) is 11.8. The van der Waals surface area contributed by atoms with Crippen LogP contribution in [0.4, 0.5) is 0 Å². The van der Waals surface area contributed by atoms with Gasteiger partial charge in [0.2, 0.25) is 11.8 Å². The van der Waals surface area contributed by atoms with Gasteiger partial charge in [-0.2, -0.15) is 0 Å². The predicted octanol–water partition coefficient (Wildman–Crippen LogP) is 4.50. The van der Waals surface area contributed by atoms with Crippen LogP contribution in [0.3, 0.4) is 0 Å². The fourth-order valence-electron chi connectivity index (χ4n) is 5.58. The van der Waals surface area contributed by atoms with E-state index in [1.807, 2.05) is 24.3 Å². The minimum atomic E-state index is -1.16. The Morgan fingerprint density at radius 1 is 0.732 bits per heavy atom. The Kier molecular flexibility index (Phi) is 20.5. The van der Waals surface area contributed by atoms with Gasteiger partial charge in [-0.05, 0) is 36.1 Å². The van der Waals surface area contributed by atoms with Crippen molar-refractivity contribution >= 4 is 52.8 Å². The summed E-state index contributed by atoms with van der Waals surface area (Å²) in [6.45, 7) is 3.77. The molecule has 2 aliphatic rings. The van der Waals surface area contributed by atoms with Crippen LogP contribution in [0.2, 0.25) is 10.0 Å². The van der Waals surface area contributed by atoms with Crippen LogP contribution in [0.25, 0.3) is 5.76 Å². The van der Waals surface area contributed by atoms with Gasteiger partial charge in [-0.15, -0.1) is 0 Å². The van der Waals surface area contributed by atoms with Gasteiger partial charge in [0.25, 0.3) is 0 Å². The summed E-state index contributed by atoms with van der Waals surface area (Å²) in [5.74, 6) is -3.21. The summed E-state index contributed by atoms with van der Waals surface area (Å²) in [6.07, 6.45) is 6.34. The van der Waals surface area contributed by atoms with Crippen LogP contribution in [0.1, 0.15) is 67.3 Å². The molecule has 2 aromatic heterocycles. The molecule has 0 radical (unpaired) electrons. The average Bonchev–Trinajstić information content (AvgIpc) is 3.73. The molecule has 0 saturated heterocycles. The molecule has 0 unspecified atom stereocenters. The number of aliphatic hydroxyl groups is 1. The number of hydrogen-bond acceptors (Lipinski definition) is 11. The van der Waals surface area contributed by atoms with Crippen molar-refractivity contribution in [2.45, 2.75) is 65.6 Å². The number of ether oxygens (including phenoxy) is 4. The van der Waals surface area contributed by atoms with Gasteiger partial charge in [-0.1, -0.05) is 79.2 Å². The molecule has 0 aliphatic heterocycles. The van der Waals surface area contributed by atoms with Crippen molar-refractivity contribution in [1.29, 1.82) is 0 Å². The zero-order valence-electron chi connectivity index (χ0n) is 31.4. The summed E-state index contributed by atoms with van der Waals surface area (Å²) in [4.78, 5) is 50.7. The maximum Gasteiger partial charge on any atom is 1.00 e. The summed E-state index contributed by atoms with van der Waals surface area (Å²) in [6, 6.07) is 19.3.